The van der Waals surface area contributed by atoms with E-state index < -0.39 is 5.97 Å². The summed E-state index contributed by atoms with van der Waals surface area (Å²) >= 11 is 0. The van der Waals surface area contributed by atoms with Gasteiger partial charge in [-0.1, -0.05) is 60.2 Å². The zero-order chi connectivity index (χ0) is 16.9. The van der Waals surface area contributed by atoms with Gasteiger partial charge in [-0.3, -0.25) is 0 Å². The molecule has 0 spiro atoms. The van der Waals surface area contributed by atoms with Gasteiger partial charge in [0.05, 0.1) is 12.3 Å². The maximum atomic E-state index is 12.0. The quantitative estimate of drug-likeness (QED) is 0.642. The fraction of sp³-hybridized carbons (Fsp3) is 0.143. The minimum atomic E-state index is -0.398. The smallest absolute Gasteiger partial charge is 0.356 e. The number of carbonyl (C=O) groups is 1. The lowest BCUT2D eigenvalue weighted by atomic mass is 9.98. The molecule has 3 heteroatoms. The van der Waals surface area contributed by atoms with Gasteiger partial charge in [-0.2, -0.15) is 0 Å². The van der Waals surface area contributed by atoms with Crippen LogP contribution >= 0.6 is 0 Å². The number of benzene rings is 2. The molecule has 0 aliphatic rings. The summed E-state index contributed by atoms with van der Waals surface area (Å²) in [6.45, 7) is 4.18. The average Bonchev–Trinajstić information content (AvgIpc) is 2.63. The second-order valence-corrected chi connectivity index (χ2v) is 5.55. The van der Waals surface area contributed by atoms with E-state index >= 15 is 0 Å². The summed E-state index contributed by atoms with van der Waals surface area (Å²) in [6, 6.07) is 21.8. The molecule has 120 valence electrons. The van der Waals surface area contributed by atoms with E-state index in [1.54, 1.807) is 13.0 Å². The molecule has 0 aliphatic heterocycles. The molecule has 0 saturated heterocycles. The molecule has 3 aromatic rings. The Labute approximate surface area is 142 Å². The summed E-state index contributed by atoms with van der Waals surface area (Å²) in [5.74, 6) is -0.398. The fourth-order valence-electron chi connectivity index (χ4n) is 2.56. The zero-order valence-electron chi connectivity index (χ0n) is 13.8. The maximum Gasteiger partial charge on any atom is 0.356 e. The summed E-state index contributed by atoms with van der Waals surface area (Å²) in [5.41, 5.74) is 5.35. The molecule has 0 radical (unpaired) electrons. The Balaban J connectivity index is 2.14. The predicted octanol–water partition coefficient (Wildman–Crippen LogP) is 4.90. The van der Waals surface area contributed by atoms with E-state index in [9.17, 15) is 4.79 Å². The first-order valence-corrected chi connectivity index (χ1v) is 7.99. The summed E-state index contributed by atoms with van der Waals surface area (Å²) in [6.07, 6.45) is 0. The molecule has 1 aromatic heterocycles. The van der Waals surface area contributed by atoms with Gasteiger partial charge in [0.15, 0.2) is 0 Å². The number of hydrogen-bond acceptors (Lipinski definition) is 3. The first kappa shape index (κ1) is 15.9. The molecular weight excluding hydrogens is 298 g/mol. The molecular formula is C21H19NO2. The second-order valence-electron chi connectivity index (χ2n) is 5.55. The molecule has 0 unspecified atom stereocenters. The van der Waals surface area contributed by atoms with Crippen LogP contribution in [0, 0.1) is 6.92 Å². The van der Waals surface area contributed by atoms with Crippen molar-refractivity contribution >= 4 is 5.97 Å². The average molecular weight is 317 g/mol. The van der Waals surface area contributed by atoms with Crippen LogP contribution in [0.3, 0.4) is 0 Å². The van der Waals surface area contributed by atoms with Crippen molar-refractivity contribution in [2.45, 2.75) is 13.8 Å². The largest absolute Gasteiger partial charge is 0.461 e. The number of rotatable bonds is 4. The number of hydrogen-bond donors (Lipinski definition) is 0. The fourth-order valence-corrected chi connectivity index (χ4v) is 2.56. The summed E-state index contributed by atoms with van der Waals surface area (Å²) in [7, 11) is 0. The van der Waals surface area contributed by atoms with Crippen molar-refractivity contribution in [3.63, 3.8) is 0 Å². The van der Waals surface area contributed by atoms with Gasteiger partial charge >= 0.3 is 5.97 Å². The summed E-state index contributed by atoms with van der Waals surface area (Å²) < 4.78 is 5.08. The van der Waals surface area contributed by atoms with Gasteiger partial charge in [0.1, 0.15) is 5.69 Å². The molecule has 2 aromatic carbocycles. The van der Waals surface area contributed by atoms with E-state index in [-0.39, 0.29) is 0 Å². The van der Waals surface area contributed by atoms with Gasteiger partial charge < -0.3 is 4.74 Å². The number of esters is 1. The van der Waals surface area contributed by atoms with E-state index in [0.717, 1.165) is 22.4 Å². The van der Waals surface area contributed by atoms with Crippen LogP contribution in [0.2, 0.25) is 0 Å². The second kappa shape index (κ2) is 7.09. The molecule has 1 heterocycles. The van der Waals surface area contributed by atoms with Crippen molar-refractivity contribution in [3.8, 4) is 22.4 Å². The Morgan fingerprint density at radius 3 is 2.29 bits per heavy atom. The van der Waals surface area contributed by atoms with Crippen LogP contribution in [0.15, 0.2) is 66.7 Å². The van der Waals surface area contributed by atoms with Crippen LogP contribution in [-0.2, 0) is 4.74 Å². The highest BCUT2D eigenvalue weighted by Crippen LogP contribution is 2.31. The van der Waals surface area contributed by atoms with E-state index in [0.29, 0.717) is 12.3 Å². The Kier molecular flexibility index (Phi) is 4.71. The third-order valence-corrected chi connectivity index (χ3v) is 3.79. The van der Waals surface area contributed by atoms with E-state index in [4.69, 9.17) is 4.74 Å². The number of carbonyl (C=O) groups excluding carboxylic acids is 1. The lowest BCUT2D eigenvalue weighted by molar-refractivity contribution is 0.0519. The number of ether oxygens (including phenoxy) is 1. The third-order valence-electron chi connectivity index (χ3n) is 3.79. The van der Waals surface area contributed by atoms with E-state index in [1.807, 2.05) is 36.4 Å². The molecule has 0 amide bonds. The molecule has 3 nitrogen and oxygen atoms in total. The number of pyridine rings is 1. The van der Waals surface area contributed by atoms with Crippen molar-refractivity contribution in [2.75, 3.05) is 6.61 Å². The topological polar surface area (TPSA) is 39.2 Å². The lowest BCUT2D eigenvalue weighted by Crippen LogP contribution is -2.08. The highest BCUT2D eigenvalue weighted by molar-refractivity contribution is 5.90. The minimum absolute atomic E-state index is 0.326. The zero-order valence-corrected chi connectivity index (χ0v) is 13.8. The van der Waals surface area contributed by atoms with Crippen LogP contribution in [0.25, 0.3) is 22.4 Å². The summed E-state index contributed by atoms with van der Waals surface area (Å²) in [5, 5.41) is 0. The van der Waals surface area contributed by atoms with Crippen molar-refractivity contribution in [2.24, 2.45) is 0 Å². The Hall–Kier alpha value is -2.94. The highest BCUT2D eigenvalue weighted by Gasteiger charge is 2.14. The van der Waals surface area contributed by atoms with Crippen molar-refractivity contribution in [1.82, 2.24) is 4.98 Å². The van der Waals surface area contributed by atoms with Gasteiger partial charge in [0.2, 0.25) is 0 Å². The molecule has 0 atom stereocenters. The van der Waals surface area contributed by atoms with Crippen LogP contribution in [0.5, 0.6) is 0 Å². The Morgan fingerprint density at radius 1 is 0.917 bits per heavy atom. The van der Waals surface area contributed by atoms with Gasteiger partial charge in [0, 0.05) is 11.1 Å². The van der Waals surface area contributed by atoms with Crippen LogP contribution in [-0.4, -0.2) is 17.6 Å². The molecule has 0 saturated carbocycles. The highest BCUT2D eigenvalue weighted by atomic mass is 16.5. The van der Waals surface area contributed by atoms with Gasteiger partial charge in [-0.25, -0.2) is 9.78 Å². The van der Waals surface area contributed by atoms with Crippen molar-refractivity contribution < 1.29 is 9.53 Å². The number of aromatic nitrogens is 1. The first-order chi connectivity index (χ1) is 11.7. The van der Waals surface area contributed by atoms with Crippen LogP contribution < -0.4 is 0 Å². The van der Waals surface area contributed by atoms with E-state index in [2.05, 4.69) is 36.2 Å². The molecule has 24 heavy (non-hydrogen) atoms. The van der Waals surface area contributed by atoms with E-state index in [1.165, 1.54) is 5.56 Å². The Bertz CT molecular complexity index is 839. The third kappa shape index (κ3) is 3.35. The van der Waals surface area contributed by atoms with Crippen molar-refractivity contribution in [1.29, 1.82) is 0 Å². The Morgan fingerprint density at radius 2 is 1.62 bits per heavy atom. The maximum absolute atomic E-state index is 12.0. The van der Waals surface area contributed by atoms with Gasteiger partial charge in [0.25, 0.3) is 0 Å². The number of aryl methyl sites for hydroxylation is 1. The molecule has 0 fully saturated rings. The van der Waals surface area contributed by atoms with Crippen LogP contribution in [0.1, 0.15) is 23.0 Å². The van der Waals surface area contributed by atoms with Crippen LogP contribution in [0.4, 0.5) is 0 Å². The minimum Gasteiger partial charge on any atom is -0.461 e. The number of nitrogens with zero attached hydrogens (tertiary/aromatic N) is 1. The first-order valence-electron chi connectivity index (χ1n) is 7.99. The van der Waals surface area contributed by atoms with Crippen molar-refractivity contribution in [3.05, 3.63) is 78.0 Å². The normalized spacial score (nSPS) is 10.4. The van der Waals surface area contributed by atoms with Gasteiger partial charge in [-0.15, -0.1) is 0 Å². The van der Waals surface area contributed by atoms with Gasteiger partial charge in [-0.05, 0) is 31.5 Å². The predicted molar refractivity (Wildman–Crippen MR) is 95.8 cm³/mol. The molecule has 0 aliphatic carbocycles. The molecule has 3 rings (SSSR count). The standard InChI is InChI=1S/C21H19NO2/c1-3-24-21(23)19-14-13-18(16-11-9-15(2)10-12-16)20(22-19)17-7-5-4-6-8-17/h4-14H,3H2,1-2H3. The monoisotopic (exact) mass is 317 g/mol. The molecule has 0 bridgehead atoms. The lowest BCUT2D eigenvalue weighted by Gasteiger charge is -2.11. The SMILES string of the molecule is CCOC(=O)c1ccc(-c2ccc(C)cc2)c(-c2ccccc2)n1. The summed E-state index contributed by atoms with van der Waals surface area (Å²) in [4.78, 5) is 16.6. The molecule has 0 N–H and O–H groups in total.